The molecule has 0 bridgehead atoms. The minimum Gasteiger partial charge on any atom is -0.504 e. The molecule has 192 valence electrons. The summed E-state index contributed by atoms with van der Waals surface area (Å²) in [6.07, 6.45) is 0.0316. The van der Waals surface area contributed by atoms with E-state index in [1.54, 1.807) is 37.3 Å². The summed E-state index contributed by atoms with van der Waals surface area (Å²) >= 11 is 0. The van der Waals surface area contributed by atoms with E-state index in [0.29, 0.717) is 5.56 Å². The first-order valence-corrected chi connectivity index (χ1v) is 10.9. The van der Waals surface area contributed by atoms with Gasteiger partial charge in [0, 0.05) is 17.5 Å². The van der Waals surface area contributed by atoms with Crippen molar-refractivity contribution in [3.05, 3.63) is 76.2 Å². The molecule has 0 radical (unpaired) electrons. The van der Waals surface area contributed by atoms with E-state index >= 15 is 0 Å². The zero-order valence-electron chi connectivity index (χ0n) is 19.8. The van der Waals surface area contributed by atoms with Gasteiger partial charge >= 0.3 is 5.97 Å². The van der Waals surface area contributed by atoms with E-state index in [4.69, 9.17) is 9.47 Å². The maximum atomic E-state index is 13.5. The summed E-state index contributed by atoms with van der Waals surface area (Å²) in [7, 11) is 0. The number of rotatable bonds is 10. The lowest BCUT2D eigenvalue weighted by Crippen LogP contribution is -2.50. The first-order chi connectivity index (χ1) is 17.5. The van der Waals surface area contributed by atoms with Gasteiger partial charge in [0.05, 0.1) is 0 Å². The standard InChI is InChI=1S/C26H23NO10/c1-3-18(28)15-9-17(27-35)22(31)21(12-15)37-26(2,25(34)36-13-14-7-5-4-6-8-14)24(33)16-10-19(29)23(32)20(30)11-16/h4-12,29-32H,3,13H2,1-2H3. The molecule has 4 N–H and O–H groups in total. The molecule has 1 atom stereocenters. The van der Waals surface area contributed by atoms with Crippen LogP contribution >= 0.6 is 0 Å². The normalized spacial score (nSPS) is 12.3. The Balaban J connectivity index is 2.10. The second-order valence-electron chi connectivity index (χ2n) is 8.10. The molecule has 0 aliphatic heterocycles. The average molecular weight is 509 g/mol. The number of esters is 1. The average Bonchev–Trinajstić information content (AvgIpc) is 2.90. The van der Waals surface area contributed by atoms with E-state index in [2.05, 4.69) is 5.18 Å². The molecule has 1 unspecified atom stereocenters. The molecule has 0 heterocycles. The van der Waals surface area contributed by atoms with E-state index in [1.165, 1.54) is 0 Å². The molecule has 37 heavy (non-hydrogen) atoms. The number of hydrogen-bond donors (Lipinski definition) is 4. The van der Waals surface area contributed by atoms with Crippen molar-refractivity contribution in [2.75, 3.05) is 0 Å². The summed E-state index contributed by atoms with van der Waals surface area (Å²) in [5.74, 6) is -6.85. The predicted octanol–water partition coefficient (Wildman–Crippen LogP) is 4.26. The molecule has 3 aromatic carbocycles. The molecule has 0 aliphatic carbocycles. The lowest BCUT2D eigenvalue weighted by atomic mass is 9.93. The number of aromatic hydroxyl groups is 4. The summed E-state index contributed by atoms with van der Waals surface area (Å²) in [6, 6.07) is 12.1. The van der Waals surface area contributed by atoms with Gasteiger partial charge in [-0.2, -0.15) is 0 Å². The highest BCUT2D eigenvalue weighted by Crippen LogP contribution is 2.41. The highest BCUT2D eigenvalue weighted by Gasteiger charge is 2.47. The molecule has 3 aromatic rings. The molecule has 0 aromatic heterocycles. The second-order valence-corrected chi connectivity index (χ2v) is 8.10. The SMILES string of the molecule is CCC(=O)c1cc(N=O)c(O)c(OC(C)(C(=O)OCc2ccccc2)C(=O)c2cc(O)c(O)c(O)c2)c1. The van der Waals surface area contributed by atoms with E-state index < -0.39 is 63.1 Å². The van der Waals surface area contributed by atoms with Crippen LogP contribution in [0.1, 0.15) is 46.5 Å². The topological polar surface area (TPSA) is 180 Å². The van der Waals surface area contributed by atoms with Crippen LogP contribution in [0.4, 0.5) is 5.69 Å². The molecule has 0 spiro atoms. The third kappa shape index (κ3) is 5.50. The summed E-state index contributed by atoms with van der Waals surface area (Å²) in [4.78, 5) is 50.3. The molecule has 11 heteroatoms. The van der Waals surface area contributed by atoms with Crippen LogP contribution in [0.3, 0.4) is 0 Å². The Kier molecular flexibility index (Phi) is 7.76. The monoisotopic (exact) mass is 509 g/mol. The van der Waals surface area contributed by atoms with Crippen molar-refractivity contribution in [3.8, 4) is 28.7 Å². The van der Waals surface area contributed by atoms with Crippen molar-refractivity contribution >= 4 is 23.2 Å². The van der Waals surface area contributed by atoms with Gasteiger partial charge in [0.25, 0.3) is 5.60 Å². The van der Waals surface area contributed by atoms with Crippen LogP contribution in [0, 0.1) is 4.91 Å². The maximum Gasteiger partial charge on any atom is 0.358 e. The fourth-order valence-corrected chi connectivity index (χ4v) is 3.38. The fourth-order valence-electron chi connectivity index (χ4n) is 3.38. The summed E-state index contributed by atoms with van der Waals surface area (Å²) in [5.41, 5.74) is -3.09. The molecular weight excluding hydrogens is 486 g/mol. The van der Waals surface area contributed by atoms with Crippen LogP contribution in [0.2, 0.25) is 0 Å². The molecule has 0 saturated carbocycles. The van der Waals surface area contributed by atoms with Crippen LogP contribution in [0.15, 0.2) is 59.8 Å². The van der Waals surface area contributed by atoms with Crippen LogP contribution < -0.4 is 4.74 Å². The molecule has 0 amide bonds. The number of nitrogens with zero attached hydrogens (tertiary/aromatic N) is 1. The first kappa shape index (κ1) is 26.7. The van der Waals surface area contributed by atoms with Crippen LogP contribution in [-0.2, 0) is 16.1 Å². The van der Waals surface area contributed by atoms with Gasteiger partial charge in [-0.1, -0.05) is 37.3 Å². The van der Waals surface area contributed by atoms with Gasteiger partial charge in [-0.15, -0.1) is 4.91 Å². The molecule has 0 aliphatic rings. The Bertz CT molecular complexity index is 1350. The maximum absolute atomic E-state index is 13.5. The largest absolute Gasteiger partial charge is 0.504 e. The van der Waals surface area contributed by atoms with E-state index in [9.17, 15) is 39.7 Å². The first-order valence-electron chi connectivity index (χ1n) is 10.9. The number of ether oxygens (including phenoxy) is 2. The lowest BCUT2D eigenvalue weighted by Gasteiger charge is -2.28. The number of phenolic OH excluding ortho intramolecular Hbond substituents is 4. The van der Waals surface area contributed by atoms with E-state index in [0.717, 1.165) is 31.2 Å². The van der Waals surface area contributed by atoms with Gasteiger partial charge in [-0.05, 0) is 41.9 Å². The van der Waals surface area contributed by atoms with Gasteiger partial charge in [-0.3, -0.25) is 9.59 Å². The Morgan fingerprint density at radius 1 is 0.892 bits per heavy atom. The summed E-state index contributed by atoms with van der Waals surface area (Å²) < 4.78 is 10.9. The molecule has 11 nitrogen and oxygen atoms in total. The fraction of sp³-hybridized carbons (Fsp3) is 0.192. The number of carbonyl (C=O) groups is 3. The third-order valence-corrected chi connectivity index (χ3v) is 5.48. The number of benzene rings is 3. The summed E-state index contributed by atoms with van der Waals surface area (Å²) in [5, 5.41) is 42.5. The third-order valence-electron chi connectivity index (χ3n) is 5.48. The lowest BCUT2D eigenvalue weighted by molar-refractivity contribution is -0.158. The minimum absolute atomic E-state index is 0.0316. The molecule has 3 rings (SSSR count). The van der Waals surface area contributed by atoms with Crippen molar-refractivity contribution < 1.29 is 44.3 Å². The van der Waals surface area contributed by atoms with Gasteiger partial charge in [0.2, 0.25) is 5.78 Å². The number of ketones is 2. The smallest absolute Gasteiger partial charge is 0.358 e. The van der Waals surface area contributed by atoms with Crippen molar-refractivity contribution in [2.45, 2.75) is 32.5 Å². The van der Waals surface area contributed by atoms with E-state index in [1.807, 2.05) is 0 Å². The number of carbonyl (C=O) groups excluding carboxylic acids is 3. The van der Waals surface area contributed by atoms with Gasteiger partial charge in [0.15, 0.2) is 40.2 Å². The van der Waals surface area contributed by atoms with Crippen molar-refractivity contribution in [1.82, 2.24) is 0 Å². The Morgan fingerprint density at radius 2 is 1.51 bits per heavy atom. The zero-order chi connectivity index (χ0) is 27.3. The number of phenols is 4. The van der Waals surface area contributed by atoms with E-state index in [-0.39, 0.29) is 18.6 Å². The van der Waals surface area contributed by atoms with Crippen molar-refractivity contribution in [1.29, 1.82) is 0 Å². The Morgan fingerprint density at radius 3 is 2.08 bits per heavy atom. The second kappa shape index (κ2) is 10.8. The Labute approximate surface area is 210 Å². The zero-order valence-corrected chi connectivity index (χ0v) is 19.8. The van der Waals surface area contributed by atoms with Gasteiger partial charge < -0.3 is 29.9 Å². The van der Waals surface area contributed by atoms with Crippen LogP contribution in [-0.4, -0.2) is 43.6 Å². The minimum atomic E-state index is -2.57. The number of nitroso groups, excluding NO2 is 1. The highest BCUT2D eigenvalue weighted by molar-refractivity contribution is 6.16. The highest BCUT2D eigenvalue weighted by atomic mass is 16.6. The molecule has 0 fully saturated rings. The number of hydrogen-bond acceptors (Lipinski definition) is 11. The van der Waals surface area contributed by atoms with Crippen LogP contribution in [0.25, 0.3) is 0 Å². The van der Waals surface area contributed by atoms with Crippen molar-refractivity contribution in [2.24, 2.45) is 5.18 Å². The summed E-state index contributed by atoms with van der Waals surface area (Å²) in [6.45, 7) is 2.30. The molecular formula is C26H23NO10. The predicted molar refractivity (Wildman–Crippen MR) is 129 cm³/mol. The van der Waals surface area contributed by atoms with Gasteiger partial charge in [0.1, 0.15) is 6.61 Å². The number of Topliss-reactive ketones (excluding diaryl/α,β-unsaturated/α-hetero) is 2. The Hall–Kier alpha value is -4.93. The quantitative estimate of drug-likeness (QED) is 0.101. The van der Waals surface area contributed by atoms with Gasteiger partial charge in [-0.25, -0.2) is 4.79 Å². The molecule has 0 saturated heterocycles. The van der Waals surface area contributed by atoms with Crippen LogP contribution in [0.5, 0.6) is 28.7 Å². The van der Waals surface area contributed by atoms with Crippen molar-refractivity contribution in [3.63, 3.8) is 0 Å².